The second-order valence-corrected chi connectivity index (χ2v) is 5.34. The van der Waals surface area contributed by atoms with Gasteiger partial charge in [-0.1, -0.05) is 22.0 Å². The van der Waals surface area contributed by atoms with Crippen LogP contribution in [0.2, 0.25) is 0 Å². The molecule has 0 aliphatic carbocycles. The highest BCUT2D eigenvalue weighted by molar-refractivity contribution is 9.10. The van der Waals surface area contributed by atoms with Gasteiger partial charge in [-0.15, -0.1) is 11.8 Å². The summed E-state index contributed by atoms with van der Waals surface area (Å²) < 4.78 is 6.38. The molecule has 0 spiro atoms. The normalized spacial score (nSPS) is 10.6. The molecule has 0 aliphatic rings. The van der Waals surface area contributed by atoms with Gasteiger partial charge in [-0.2, -0.15) is 0 Å². The lowest BCUT2D eigenvalue weighted by molar-refractivity contribution is 0.150. The van der Waals surface area contributed by atoms with E-state index in [-0.39, 0.29) is 0 Å². The first-order valence-electron chi connectivity index (χ1n) is 5.49. The van der Waals surface area contributed by atoms with Gasteiger partial charge in [-0.3, -0.25) is 0 Å². The summed E-state index contributed by atoms with van der Waals surface area (Å²) in [4.78, 5) is 1.31. The van der Waals surface area contributed by atoms with Gasteiger partial charge < -0.3 is 10.1 Å². The fraction of sp³-hybridized carbons (Fsp3) is 0.500. The van der Waals surface area contributed by atoms with Crippen molar-refractivity contribution in [2.24, 2.45) is 0 Å². The second-order valence-electron chi connectivity index (χ2n) is 3.25. The molecule has 0 amide bonds. The van der Waals surface area contributed by atoms with E-state index in [9.17, 15) is 0 Å². The summed E-state index contributed by atoms with van der Waals surface area (Å²) in [7, 11) is 0. The summed E-state index contributed by atoms with van der Waals surface area (Å²) in [5.74, 6) is 1.09. The molecule has 1 rings (SSSR count). The summed E-state index contributed by atoms with van der Waals surface area (Å²) in [6.07, 6.45) is 0. The van der Waals surface area contributed by atoms with Crippen LogP contribution in [-0.2, 0) is 4.74 Å². The third-order valence-electron chi connectivity index (χ3n) is 1.97. The largest absolute Gasteiger partial charge is 0.380 e. The molecule has 0 aromatic heterocycles. The lowest BCUT2D eigenvalue weighted by atomic mass is 10.4. The van der Waals surface area contributed by atoms with Crippen molar-refractivity contribution in [2.75, 3.05) is 32.1 Å². The van der Waals surface area contributed by atoms with E-state index in [1.807, 2.05) is 24.8 Å². The summed E-state index contributed by atoms with van der Waals surface area (Å²) in [6.45, 7) is 5.58. The minimum absolute atomic E-state index is 0.800. The number of halogens is 1. The number of benzene rings is 1. The molecule has 4 heteroatoms. The zero-order chi connectivity index (χ0) is 11.6. The first kappa shape index (κ1) is 14.0. The van der Waals surface area contributed by atoms with E-state index in [2.05, 4.69) is 39.4 Å². The van der Waals surface area contributed by atoms with E-state index >= 15 is 0 Å². The minimum Gasteiger partial charge on any atom is -0.380 e. The van der Waals surface area contributed by atoms with Crippen LogP contribution in [0.25, 0.3) is 0 Å². The number of nitrogens with one attached hydrogen (secondary N) is 1. The van der Waals surface area contributed by atoms with Crippen LogP contribution in [-0.4, -0.2) is 32.1 Å². The summed E-state index contributed by atoms with van der Waals surface area (Å²) in [5.41, 5.74) is 0. The molecule has 0 fully saturated rings. The predicted molar refractivity (Wildman–Crippen MR) is 74.2 cm³/mol. The SMILES string of the molecule is CCOCCNCCSc1cccc(Br)c1. The Hall–Kier alpha value is -0.0300. The van der Waals surface area contributed by atoms with Crippen LogP contribution in [0, 0.1) is 0 Å². The number of hydrogen-bond donors (Lipinski definition) is 1. The van der Waals surface area contributed by atoms with E-state index in [1.54, 1.807) is 0 Å². The molecule has 0 radical (unpaired) electrons. The zero-order valence-corrected chi connectivity index (χ0v) is 11.9. The Morgan fingerprint density at radius 3 is 3.00 bits per heavy atom. The molecule has 0 unspecified atom stereocenters. The molecule has 0 saturated heterocycles. The maximum absolute atomic E-state index is 5.24. The van der Waals surface area contributed by atoms with E-state index < -0.39 is 0 Å². The maximum Gasteiger partial charge on any atom is 0.0590 e. The van der Waals surface area contributed by atoms with Gasteiger partial charge in [-0.05, 0) is 25.1 Å². The van der Waals surface area contributed by atoms with Crippen LogP contribution in [0.5, 0.6) is 0 Å². The van der Waals surface area contributed by atoms with Crippen molar-refractivity contribution >= 4 is 27.7 Å². The van der Waals surface area contributed by atoms with Crippen LogP contribution in [0.1, 0.15) is 6.92 Å². The Balaban J connectivity index is 2.03. The van der Waals surface area contributed by atoms with Gasteiger partial charge in [0.25, 0.3) is 0 Å². The monoisotopic (exact) mass is 303 g/mol. The Morgan fingerprint density at radius 2 is 2.25 bits per heavy atom. The third kappa shape index (κ3) is 6.53. The number of ether oxygens (including phenoxy) is 1. The topological polar surface area (TPSA) is 21.3 Å². The Kier molecular flexibility index (Phi) is 7.93. The molecule has 0 saturated carbocycles. The summed E-state index contributed by atoms with van der Waals surface area (Å²) in [6, 6.07) is 8.39. The summed E-state index contributed by atoms with van der Waals surface area (Å²) in [5, 5.41) is 3.35. The number of hydrogen-bond acceptors (Lipinski definition) is 3. The van der Waals surface area contributed by atoms with Crippen molar-refractivity contribution in [1.82, 2.24) is 5.32 Å². The lowest BCUT2D eigenvalue weighted by Gasteiger charge is -2.05. The van der Waals surface area contributed by atoms with Gasteiger partial charge in [0.2, 0.25) is 0 Å². The van der Waals surface area contributed by atoms with Crippen molar-refractivity contribution < 1.29 is 4.74 Å². The van der Waals surface area contributed by atoms with Crippen LogP contribution in [0.4, 0.5) is 0 Å². The molecule has 1 N–H and O–H groups in total. The first-order valence-corrected chi connectivity index (χ1v) is 7.27. The van der Waals surface area contributed by atoms with Crippen LogP contribution in [0.15, 0.2) is 33.6 Å². The molecule has 0 aliphatic heterocycles. The zero-order valence-electron chi connectivity index (χ0n) is 9.54. The van der Waals surface area contributed by atoms with E-state index in [0.29, 0.717) is 0 Å². The van der Waals surface area contributed by atoms with Crippen molar-refractivity contribution in [3.05, 3.63) is 28.7 Å². The van der Waals surface area contributed by atoms with Crippen molar-refractivity contribution in [2.45, 2.75) is 11.8 Å². The highest BCUT2D eigenvalue weighted by atomic mass is 79.9. The third-order valence-corrected chi connectivity index (χ3v) is 3.46. The van der Waals surface area contributed by atoms with Crippen LogP contribution < -0.4 is 5.32 Å². The smallest absolute Gasteiger partial charge is 0.0590 e. The molecule has 90 valence electrons. The highest BCUT2D eigenvalue weighted by Crippen LogP contribution is 2.21. The molecule has 1 aromatic rings. The van der Waals surface area contributed by atoms with Gasteiger partial charge >= 0.3 is 0 Å². The van der Waals surface area contributed by atoms with Crippen molar-refractivity contribution in [3.63, 3.8) is 0 Å². The molecule has 2 nitrogen and oxygen atoms in total. The molecule has 0 heterocycles. The molecule has 16 heavy (non-hydrogen) atoms. The van der Waals surface area contributed by atoms with E-state index in [0.717, 1.165) is 36.5 Å². The molecule has 0 atom stereocenters. The van der Waals surface area contributed by atoms with Gasteiger partial charge in [0.15, 0.2) is 0 Å². The average molecular weight is 304 g/mol. The highest BCUT2D eigenvalue weighted by Gasteiger charge is 1.94. The maximum atomic E-state index is 5.24. The Bertz CT molecular complexity index is 296. The quantitative estimate of drug-likeness (QED) is 0.589. The number of rotatable bonds is 8. The lowest BCUT2D eigenvalue weighted by Crippen LogP contribution is -2.22. The molecule has 1 aromatic carbocycles. The van der Waals surface area contributed by atoms with Crippen molar-refractivity contribution in [3.8, 4) is 0 Å². The van der Waals surface area contributed by atoms with E-state index in [1.165, 1.54) is 4.90 Å². The molecule has 0 bridgehead atoms. The van der Waals surface area contributed by atoms with Gasteiger partial charge in [0.05, 0.1) is 6.61 Å². The predicted octanol–water partition coefficient (Wildman–Crippen LogP) is 3.17. The van der Waals surface area contributed by atoms with Crippen LogP contribution in [0.3, 0.4) is 0 Å². The Labute approximate surface area is 110 Å². The molecular formula is C12H18BrNOS. The fourth-order valence-electron chi connectivity index (χ4n) is 1.21. The van der Waals surface area contributed by atoms with Gasteiger partial charge in [0, 0.05) is 34.8 Å². The minimum atomic E-state index is 0.800. The van der Waals surface area contributed by atoms with Gasteiger partial charge in [-0.25, -0.2) is 0 Å². The number of thioether (sulfide) groups is 1. The van der Waals surface area contributed by atoms with Crippen molar-refractivity contribution in [1.29, 1.82) is 0 Å². The van der Waals surface area contributed by atoms with Crippen LogP contribution >= 0.6 is 27.7 Å². The Morgan fingerprint density at radius 1 is 1.38 bits per heavy atom. The standard InChI is InChI=1S/C12H18BrNOS/c1-2-15-8-6-14-7-9-16-12-5-3-4-11(13)10-12/h3-5,10,14H,2,6-9H2,1H3. The molecular weight excluding hydrogens is 286 g/mol. The second kappa shape index (κ2) is 9.05. The van der Waals surface area contributed by atoms with E-state index in [4.69, 9.17) is 4.74 Å². The average Bonchev–Trinajstić information content (AvgIpc) is 2.28. The van der Waals surface area contributed by atoms with Gasteiger partial charge in [0.1, 0.15) is 0 Å². The fourth-order valence-corrected chi connectivity index (χ4v) is 2.63. The first-order chi connectivity index (χ1) is 7.83. The summed E-state index contributed by atoms with van der Waals surface area (Å²) >= 11 is 5.33.